The Balaban J connectivity index is 1.85. The quantitative estimate of drug-likeness (QED) is 0.750. The molecule has 3 rings (SSSR count). The number of hydrogen-bond donors (Lipinski definition) is 2. The van der Waals surface area contributed by atoms with E-state index in [-0.39, 0.29) is 29.5 Å². The average molecular weight is 382 g/mol. The Morgan fingerprint density at radius 1 is 1.14 bits per heavy atom. The molecule has 0 saturated carbocycles. The average Bonchev–Trinajstić information content (AvgIpc) is 3.08. The zero-order valence-electron chi connectivity index (χ0n) is 16.5. The Labute approximate surface area is 164 Å². The van der Waals surface area contributed by atoms with E-state index in [9.17, 15) is 14.4 Å². The minimum absolute atomic E-state index is 0.0304. The van der Waals surface area contributed by atoms with Crippen molar-refractivity contribution in [3.8, 4) is 0 Å². The van der Waals surface area contributed by atoms with Gasteiger partial charge >= 0.3 is 0 Å². The zero-order chi connectivity index (χ0) is 20.3. The van der Waals surface area contributed by atoms with Crippen LogP contribution in [0.4, 0.5) is 5.69 Å². The first kappa shape index (κ1) is 19.8. The second kappa shape index (κ2) is 8.37. The SMILES string of the molecule is CCC(C)NC(=O)c1nc(C(=O)Nc2ccc(C(C)=O)cc2)n2c1CCCC2. The summed E-state index contributed by atoms with van der Waals surface area (Å²) in [6, 6.07) is 6.76. The monoisotopic (exact) mass is 382 g/mol. The third-order valence-corrected chi connectivity index (χ3v) is 5.08. The van der Waals surface area contributed by atoms with Gasteiger partial charge in [-0.1, -0.05) is 6.92 Å². The van der Waals surface area contributed by atoms with Crippen molar-refractivity contribution in [3.63, 3.8) is 0 Å². The van der Waals surface area contributed by atoms with Gasteiger partial charge in [0.2, 0.25) is 0 Å². The van der Waals surface area contributed by atoms with Crippen LogP contribution >= 0.6 is 0 Å². The topological polar surface area (TPSA) is 93.1 Å². The van der Waals surface area contributed by atoms with E-state index in [1.54, 1.807) is 24.3 Å². The normalized spacial score (nSPS) is 14.1. The molecule has 0 fully saturated rings. The molecule has 1 atom stereocenters. The number of carbonyl (C=O) groups excluding carboxylic acids is 3. The highest BCUT2D eigenvalue weighted by Crippen LogP contribution is 2.22. The summed E-state index contributed by atoms with van der Waals surface area (Å²) in [5.41, 5.74) is 2.33. The lowest BCUT2D eigenvalue weighted by Gasteiger charge is -2.17. The number of aromatic nitrogens is 2. The number of rotatable bonds is 6. The molecular weight excluding hydrogens is 356 g/mol. The van der Waals surface area contributed by atoms with Crippen LogP contribution in [0, 0.1) is 0 Å². The Hall–Kier alpha value is -2.96. The Morgan fingerprint density at radius 2 is 1.86 bits per heavy atom. The molecule has 0 spiro atoms. The van der Waals surface area contributed by atoms with Gasteiger partial charge < -0.3 is 15.2 Å². The smallest absolute Gasteiger partial charge is 0.291 e. The van der Waals surface area contributed by atoms with Gasteiger partial charge in [-0.25, -0.2) is 4.98 Å². The summed E-state index contributed by atoms with van der Waals surface area (Å²) in [4.78, 5) is 41.2. The first-order chi connectivity index (χ1) is 13.4. The van der Waals surface area contributed by atoms with Gasteiger partial charge in [-0.3, -0.25) is 14.4 Å². The lowest BCUT2D eigenvalue weighted by Crippen LogP contribution is -2.33. The first-order valence-electron chi connectivity index (χ1n) is 9.73. The molecule has 2 aromatic rings. The number of hydrogen-bond acceptors (Lipinski definition) is 4. The molecule has 1 aliphatic heterocycles. The second-order valence-electron chi connectivity index (χ2n) is 7.21. The summed E-state index contributed by atoms with van der Waals surface area (Å²) in [7, 11) is 0. The molecule has 0 radical (unpaired) electrons. The van der Waals surface area contributed by atoms with E-state index in [2.05, 4.69) is 15.6 Å². The number of Topliss-reactive ketones (excluding diaryl/α,β-unsaturated/α-hetero) is 1. The first-order valence-corrected chi connectivity index (χ1v) is 9.73. The molecule has 148 valence electrons. The fourth-order valence-electron chi connectivity index (χ4n) is 3.27. The van der Waals surface area contributed by atoms with Crippen molar-refractivity contribution < 1.29 is 14.4 Å². The van der Waals surface area contributed by atoms with Crippen molar-refractivity contribution in [2.75, 3.05) is 5.32 Å². The van der Waals surface area contributed by atoms with E-state index < -0.39 is 0 Å². The maximum absolute atomic E-state index is 12.8. The number of imidazole rings is 1. The van der Waals surface area contributed by atoms with Gasteiger partial charge in [0.15, 0.2) is 11.6 Å². The van der Waals surface area contributed by atoms with E-state index in [0.717, 1.165) is 31.4 Å². The molecule has 2 heterocycles. The standard InChI is InChI=1S/C21H26N4O3/c1-4-13(2)22-20(27)18-17-7-5-6-12-25(17)19(24-18)21(28)23-16-10-8-15(9-11-16)14(3)26/h8-11,13H,4-7,12H2,1-3H3,(H,22,27)(H,23,28). The lowest BCUT2D eigenvalue weighted by molar-refractivity contribution is 0.0932. The van der Waals surface area contributed by atoms with Gasteiger partial charge in [-0.15, -0.1) is 0 Å². The minimum atomic E-state index is -0.360. The lowest BCUT2D eigenvalue weighted by atomic mass is 10.1. The predicted molar refractivity (Wildman–Crippen MR) is 107 cm³/mol. The fourth-order valence-corrected chi connectivity index (χ4v) is 3.27. The molecule has 0 saturated heterocycles. The Kier molecular flexibility index (Phi) is 5.92. The summed E-state index contributed by atoms with van der Waals surface area (Å²) in [5.74, 6) is -0.372. The van der Waals surface area contributed by atoms with Crippen molar-refractivity contribution in [1.82, 2.24) is 14.9 Å². The molecule has 1 aliphatic rings. The number of anilines is 1. The van der Waals surface area contributed by atoms with Crippen LogP contribution in [0.15, 0.2) is 24.3 Å². The molecular formula is C21H26N4O3. The number of benzene rings is 1. The van der Waals surface area contributed by atoms with Crippen LogP contribution in [-0.2, 0) is 13.0 Å². The van der Waals surface area contributed by atoms with Gasteiger partial charge in [0.25, 0.3) is 11.8 Å². The van der Waals surface area contributed by atoms with Gasteiger partial charge in [0.05, 0.1) is 5.69 Å². The number of nitrogens with zero attached hydrogens (tertiary/aromatic N) is 2. The van der Waals surface area contributed by atoms with Crippen LogP contribution in [0.1, 0.15) is 77.2 Å². The van der Waals surface area contributed by atoms with E-state index in [1.165, 1.54) is 6.92 Å². The maximum atomic E-state index is 12.8. The largest absolute Gasteiger partial charge is 0.348 e. The van der Waals surface area contributed by atoms with Gasteiger partial charge in [0, 0.05) is 23.8 Å². The third kappa shape index (κ3) is 4.13. The van der Waals surface area contributed by atoms with Crippen molar-refractivity contribution >= 4 is 23.3 Å². The summed E-state index contributed by atoms with van der Waals surface area (Å²) in [5, 5.41) is 5.75. The van der Waals surface area contributed by atoms with Crippen molar-refractivity contribution in [1.29, 1.82) is 0 Å². The fraction of sp³-hybridized carbons (Fsp3) is 0.429. The van der Waals surface area contributed by atoms with Crippen LogP contribution in [-0.4, -0.2) is 33.2 Å². The van der Waals surface area contributed by atoms with Crippen LogP contribution in [0.2, 0.25) is 0 Å². The molecule has 1 aromatic heterocycles. The number of ketones is 1. The molecule has 7 heteroatoms. The van der Waals surface area contributed by atoms with E-state index in [0.29, 0.717) is 23.5 Å². The number of fused-ring (bicyclic) bond motifs is 1. The van der Waals surface area contributed by atoms with Crippen molar-refractivity contribution in [2.24, 2.45) is 0 Å². The van der Waals surface area contributed by atoms with Gasteiger partial charge in [-0.05, 0) is 63.8 Å². The highest BCUT2D eigenvalue weighted by molar-refractivity contribution is 6.04. The van der Waals surface area contributed by atoms with Crippen LogP contribution in [0.3, 0.4) is 0 Å². The molecule has 2 amide bonds. The van der Waals surface area contributed by atoms with Crippen molar-refractivity contribution in [3.05, 3.63) is 47.0 Å². The summed E-state index contributed by atoms with van der Waals surface area (Å²) < 4.78 is 1.86. The number of carbonyl (C=O) groups is 3. The zero-order valence-corrected chi connectivity index (χ0v) is 16.5. The number of amides is 2. The van der Waals surface area contributed by atoms with Crippen LogP contribution < -0.4 is 10.6 Å². The molecule has 2 N–H and O–H groups in total. The molecule has 7 nitrogen and oxygen atoms in total. The second-order valence-corrected chi connectivity index (χ2v) is 7.21. The summed E-state index contributed by atoms with van der Waals surface area (Å²) in [6.07, 6.45) is 3.48. The number of nitrogens with one attached hydrogen (secondary N) is 2. The third-order valence-electron chi connectivity index (χ3n) is 5.08. The van der Waals surface area contributed by atoms with E-state index in [4.69, 9.17) is 0 Å². The Morgan fingerprint density at radius 3 is 2.50 bits per heavy atom. The van der Waals surface area contributed by atoms with E-state index in [1.807, 2.05) is 18.4 Å². The highest BCUT2D eigenvalue weighted by Gasteiger charge is 2.27. The van der Waals surface area contributed by atoms with Crippen LogP contribution in [0.5, 0.6) is 0 Å². The molecule has 1 unspecified atom stereocenters. The summed E-state index contributed by atoms with van der Waals surface area (Å²) in [6.45, 7) is 6.12. The van der Waals surface area contributed by atoms with E-state index >= 15 is 0 Å². The van der Waals surface area contributed by atoms with Gasteiger partial charge in [0.1, 0.15) is 5.69 Å². The molecule has 0 aliphatic carbocycles. The Bertz CT molecular complexity index is 899. The molecule has 1 aromatic carbocycles. The van der Waals surface area contributed by atoms with Gasteiger partial charge in [-0.2, -0.15) is 0 Å². The molecule has 0 bridgehead atoms. The molecule has 28 heavy (non-hydrogen) atoms. The maximum Gasteiger partial charge on any atom is 0.291 e. The summed E-state index contributed by atoms with van der Waals surface area (Å²) >= 11 is 0. The predicted octanol–water partition coefficient (Wildman–Crippen LogP) is 3.20. The minimum Gasteiger partial charge on any atom is -0.348 e. The van der Waals surface area contributed by atoms with Crippen molar-refractivity contribution in [2.45, 2.75) is 59.0 Å². The highest BCUT2D eigenvalue weighted by atomic mass is 16.2. The van der Waals surface area contributed by atoms with Crippen LogP contribution in [0.25, 0.3) is 0 Å².